The average molecular weight is 386 g/mol. The molecule has 8 heteroatoms. The Balaban J connectivity index is 1.66. The molecule has 0 aliphatic carbocycles. The molecule has 1 saturated heterocycles. The number of aromatic nitrogens is 4. The van der Waals surface area contributed by atoms with E-state index >= 15 is 0 Å². The molecular weight excluding hydrogens is 362 g/mol. The number of anilines is 1. The minimum atomic E-state index is 0.695. The van der Waals surface area contributed by atoms with Crippen LogP contribution in [0.5, 0.6) is 0 Å². The van der Waals surface area contributed by atoms with E-state index in [2.05, 4.69) is 57.7 Å². The predicted molar refractivity (Wildman–Crippen MR) is 109 cm³/mol. The van der Waals surface area contributed by atoms with Crippen LogP contribution in [0.1, 0.15) is 0 Å². The fraction of sp³-hybridized carbons (Fsp3) is 0.421. The number of rotatable bonds is 5. The van der Waals surface area contributed by atoms with Crippen molar-refractivity contribution in [3.8, 4) is 11.3 Å². The molecule has 1 aliphatic heterocycles. The monoisotopic (exact) mass is 385 g/mol. The molecule has 3 heterocycles. The summed E-state index contributed by atoms with van der Waals surface area (Å²) >= 11 is 6.57. The van der Waals surface area contributed by atoms with Crippen LogP contribution in [0.15, 0.2) is 30.5 Å². The Morgan fingerprint density at radius 3 is 2.78 bits per heavy atom. The summed E-state index contributed by atoms with van der Waals surface area (Å²) in [5.41, 5.74) is 3.02. The molecule has 1 fully saturated rings. The SMILES string of the molecule is CN(C)CCn1nncc1-c1ccc2nc(N3CCNCC3)c(Cl)cc2c1. The lowest BCUT2D eigenvalue weighted by Crippen LogP contribution is -2.44. The highest BCUT2D eigenvalue weighted by Crippen LogP contribution is 2.30. The van der Waals surface area contributed by atoms with Crippen molar-refractivity contribution in [2.75, 3.05) is 51.7 Å². The summed E-state index contributed by atoms with van der Waals surface area (Å²) in [6.45, 7) is 5.46. The molecule has 0 saturated carbocycles. The highest BCUT2D eigenvalue weighted by atomic mass is 35.5. The zero-order valence-corrected chi connectivity index (χ0v) is 16.4. The molecule has 0 radical (unpaired) electrons. The van der Waals surface area contributed by atoms with Crippen molar-refractivity contribution in [3.63, 3.8) is 0 Å². The molecule has 0 unspecified atom stereocenters. The van der Waals surface area contributed by atoms with E-state index in [-0.39, 0.29) is 0 Å². The maximum atomic E-state index is 6.57. The van der Waals surface area contributed by atoms with E-state index in [1.165, 1.54) is 0 Å². The van der Waals surface area contributed by atoms with Crippen molar-refractivity contribution in [2.45, 2.75) is 6.54 Å². The number of hydrogen-bond donors (Lipinski definition) is 1. The Morgan fingerprint density at radius 2 is 2.00 bits per heavy atom. The minimum Gasteiger partial charge on any atom is -0.353 e. The molecule has 7 nitrogen and oxygen atoms in total. The molecule has 1 N–H and O–H groups in total. The van der Waals surface area contributed by atoms with E-state index in [1.54, 1.807) is 6.20 Å². The van der Waals surface area contributed by atoms with Crippen LogP contribution >= 0.6 is 11.6 Å². The van der Waals surface area contributed by atoms with Gasteiger partial charge in [-0.2, -0.15) is 0 Å². The number of benzene rings is 1. The first-order chi connectivity index (χ1) is 13.1. The zero-order valence-electron chi connectivity index (χ0n) is 15.7. The van der Waals surface area contributed by atoms with Gasteiger partial charge < -0.3 is 15.1 Å². The molecule has 0 atom stereocenters. The Hall–Kier alpha value is -2.22. The topological polar surface area (TPSA) is 62.1 Å². The molecule has 1 aromatic carbocycles. The van der Waals surface area contributed by atoms with Gasteiger partial charge in [0.15, 0.2) is 0 Å². The van der Waals surface area contributed by atoms with E-state index in [1.807, 2.05) is 10.7 Å². The van der Waals surface area contributed by atoms with Crippen LogP contribution in [0.3, 0.4) is 0 Å². The molecule has 142 valence electrons. The van der Waals surface area contributed by atoms with E-state index in [9.17, 15) is 0 Å². The van der Waals surface area contributed by atoms with Gasteiger partial charge in [0.1, 0.15) is 5.82 Å². The van der Waals surface area contributed by atoms with Crippen molar-refractivity contribution in [1.29, 1.82) is 0 Å². The smallest absolute Gasteiger partial charge is 0.148 e. The quantitative estimate of drug-likeness (QED) is 0.725. The summed E-state index contributed by atoms with van der Waals surface area (Å²) in [7, 11) is 4.10. The van der Waals surface area contributed by atoms with Crippen LogP contribution in [0.25, 0.3) is 22.2 Å². The maximum Gasteiger partial charge on any atom is 0.148 e. The molecule has 0 spiro atoms. The van der Waals surface area contributed by atoms with Gasteiger partial charge in [-0.25, -0.2) is 9.67 Å². The highest BCUT2D eigenvalue weighted by Gasteiger charge is 2.16. The fourth-order valence-electron chi connectivity index (χ4n) is 3.34. The van der Waals surface area contributed by atoms with Crippen molar-refractivity contribution < 1.29 is 0 Å². The molecule has 27 heavy (non-hydrogen) atoms. The van der Waals surface area contributed by atoms with Crippen molar-refractivity contribution >= 4 is 28.3 Å². The molecule has 4 rings (SSSR count). The lowest BCUT2D eigenvalue weighted by atomic mass is 10.1. The summed E-state index contributed by atoms with van der Waals surface area (Å²) in [5, 5.41) is 13.4. The van der Waals surface area contributed by atoms with E-state index in [0.717, 1.165) is 67.2 Å². The Morgan fingerprint density at radius 1 is 1.19 bits per heavy atom. The summed E-state index contributed by atoms with van der Waals surface area (Å²) in [6.07, 6.45) is 1.81. The Labute approximate surface area is 163 Å². The predicted octanol–water partition coefficient (Wildman–Crippen LogP) is 2.12. The van der Waals surface area contributed by atoms with Crippen LogP contribution < -0.4 is 10.2 Å². The summed E-state index contributed by atoms with van der Waals surface area (Å²) in [6, 6.07) is 8.25. The minimum absolute atomic E-state index is 0.695. The molecule has 2 aromatic heterocycles. The first-order valence-electron chi connectivity index (χ1n) is 9.21. The molecule has 1 aliphatic rings. The number of hydrogen-bond acceptors (Lipinski definition) is 6. The molecule has 0 amide bonds. The molecule has 0 bridgehead atoms. The summed E-state index contributed by atoms with van der Waals surface area (Å²) < 4.78 is 1.94. The maximum absolute atomic E-state index is 6.57. The van der Waals surface area contributed by atoms with E-state index in [4.69, 9.17) is 16.6 Å². The van der Waals surface area contributed by atoms with Crippen molar-refractivity contribution in [1.82, 2.24) is 30.2 Å². The highest BCUT2D eigenvalue weighted by molar-refractivity contribution is 6.33. The normalized spacial score (nSPS) is 15.0. The van der Waals surface area contributed by atoms with Gasteiger partial charge in [0.25, 0.3) is 0 Å². The van der Waals surface area contributed by atoms with Gasteiger partial charge in [-0.3, -0.25) is 0 Å². The third kappa shape index (κ3) is 3.90. The van der Waals surface area contributed by atoms with Crippen LogP contribution in [-0.2, 0) is 6.54 Å². The number of halogens is 1. The summed E-state index contributed by atoms with van der Waals surface area (Å²) in [4.78, 5) is 9.20. The zero-order chi connectivity index (χ0) is 18.8. The number of fused-ring (bicyclic) bond motifs is 1. The third-order valence-electron chi connectivity index (χ3n) is 4.84. The lowest BCUT2D eigenvalue weighted by Gasteiger charge is -2.29. The van der Waals surface area contributed by atoms with Crippen molar-refractivity contribution in [3.05, 3.63) is 35.5 Å². The number of nitrogens with zero attached hydrogens (tertiary/aromatic N) is 6. The van der Waals surface area contributed by atoms with Gasteiger partial charge in [0.05, 0.1) is 29.0 Å². The van der Waals surface area contributed by atoms with Gasteiger partial charge in [0.2, 0.25) is 0 Å². The second kappa shape index (κ2) is 7.80. The number of piperazine rings is 1. The molecule has 3 aromatic rings. The van der Waals surface area contributed by atoms with Crippen molar-refractivity contribution in [2.24, 2.45) is 0 Å². The van der Waals surface area contributed by atoms with Crippen LogP contribution in [-0.4, -0.2) is 71.7 Å². The first-order valence-corrected chi connectivity index (χ1v) is 9.59. The van der Waals surface area contributed by atoms with Gasteiger partial charge >= 0.3 is 0 Å². The first kappa shape index (κ1) is 18.2. The number of nitrogens with one attached hydrogen (secondary N) is 1. The average Bonchev–Trinajstić information content (AvgIpc) is 3.14. The standard InChI is InChI=1S/C19H24ClN7/c1-25(2)9-10-27-18(13-22-24-27)14-3-4-17-15(11-14)12-16(20)19(23-17)26-7-5-21-6-8-26/h3-4,11-13,21H,5-10H2,1-2H3. The van der Waals surface area contributed by atoms with Crippen LogP contribution in [0.4, 0.5) is 5.82 Å². The van der Waals surface area contributed by atoms with E-state index < -0.39 is 0 Å². The number of pyridine rings is 1. The second-order valence-corrected chi connectivity index (χ2v) is 7.49. The van der Waals surface area contributed by atoms with Gasteiger partial charge in [-0.05, 0) is 32.3 Å². The lowest BCUT2D eigenvalue weighted by molar-refractivity contribution is 0.372. The number of likely N-dealkylation sites (N-methyl/N-ethyl adjacent to an activating group) is 1. The summed E-state index contributed by atoms with van der Waals surface area (Å²) in [5.74, 6) is 0.871. The van der Waals surface area contributed by atoms with E-state index in [0.29, 0.717) is 5.02 Å². The van der Waals surface area contributed by atoms with Gasteiger partial charge in [0, 0.05) is 43.7 Å². The second-order valence-electron chi connectivity index (χ2n) is 7.08. The van der Waals surface area contributed by atoms with Crippen LogP contribution in [0, 0.1) is 0 Å². The molecular formula is C19H24ClN7. The largest absolute Gasteiger partial charge is 0.353 e. The van der Waals surface area contributed by atoms with Gasteiger partial charge in [-0.15, -0.1) is 5.10 Å². The Bertz CT molecular complexity index is 931. The fourth-order valence-corrected chi connectivity index (χ4v) is 3.62. The van der Waals surface area contributed by atoms with Crippen LogP contribution in [0.2, 0.25) is 5.02 Å². The Kier molecular flexibility index (Phi) is 5.24. The van der Waals surface area contributed by atoms with Gasteiger partial charge in [-0.1, -0.05) is 22.9 Å². The third-order valence-corrected chi connectivity index (χ3v) is 5.12.